The number of non-ortho nitro benzene ring substituents is 1. The molecule has 0 bridgehead atoms. The van der Waals surface area contributed by atoms with Crippen molar-refractivity contribution < 1.29 is 65.4 Å². The summed E-state index contributed by atoms with van der Waals surface area (Å²) in [5.41, 5.74) is -5.26. The maximum Gasteiger partial charge on any atom is 0.508 e. The third-order valence-electron chi connectivity index (χ3n) is 5.64. The van der Waals surface area contributed by atoms with Crippen molar-refractivity contribution in [1.29, 1.82) is 0 Å². The van der Waals surface area contributed by atoms with E-state index >= 15 is 8.78 Å². The number of alkyl halides is 2. The van der Waals surface area contributed by atoms with E-state index in [4.69, 9.17) is 32.7 Å². The molecule has 2 aromatic carbocycles. The number of fused-ring (bicyclic) bond motifs is 1. The number of thiophene rings is 1. The second-order valence-electron chi connectivity index (χ2n) is 9.10. The minimum absolute atomic E-state index is 0.0284. The predicted molar refractivity (Wildman–Crippen MR) is 158 cm³/mol. The number of hydrogen-bond donors (Lipinski definition) is 0. The molecule has 0 atom stereocenters. The molecule has 0 fully saturated rings. The lowest BCUT2D eigenvalue weighted by Crippen LogP contribution is -2.22. The van der Waals surface area contributed by atoms with Gasteiger partial charge in [-0.15, -0.1) is 11.3 Å². The van der Waals surface area contributed by atoms with Gasteiger partial charge < -0.3 is 32.7 Å². The van der Waals surface area contributed by atoms with E-state index in [1.807, 2.05) is 0 Å². The molecule has 0 saturated heterocycles. The van der Waals surface area contributed by atoms with Crippen molar-refractivity contribution in [3.8, 4) is 5.75 Å². The van der Waals surface area contributed by atoms with Crippen LogP contribution in [0.25, 0.3) is 10.1 Å². The molecule has 0 unspecified atom stereocenters. The summed E-state index contributed by atoms with van der Waals surface area (Å²) >= 11 is 0.930. The average Bonchev–Trinajstić information content (AvgIpc) is 3.47. The second-order valence-corrected chi connectivity index (χ2v) is 12.3. The molecule has 0 radical (unpaired) electrons. The molecule has 18 heteroatoms. The maximum atomic E-state index is 15.9. The maximum absolute atomic E-state index is 15.9. The highest BCUT2D eigenvalue weighted by Crippen LogP contribution is 2.67. The van der Waals surface area contributed by atoms with E-state index in [1.54, 1.807) is 13.8 Å². The molecule has 14 nitrogen and oxygen atoms in total. The van der Waals surface area contributed by atoms with E-state index in [-0.39, 0.29) is 34.9 Å². The van der Waals surface area contributed by atoms with Crippen molar-refractivity contribution >= 4 is 53.0 Å². The summed E-state index contributed by atoms with van der Waals surface area (Å²) in [6, 6.07) is 9.29. The van der Waals surface area contributed by atoms with Gasteiger partial charge in [-0.25, -0.2) is 14.4 Å². The van der Waals surface area contributed by atoms with Crippen LogP contribution in [-0.2, 0) is 38.2 Å². The van der Waals surface area contributed by atoms with Gasteiger partial charge in [0.1, 0.15) is 23.8 Å². The van der Waals surface area contributed by atoms with E-state index in [2.05, 4.69) is 0 Å². The van der Waals surface area contributed by atoms with Crippen LogP contribution in [0.2, 0.25) is 0 Å². The Kier molecular flexibility index (Phi) is 13.4. The molecule has 0 aliphatic heterocycles. The molecule has 3 rings (SSSR count). The van der Waals surface area contributed by atoms with E-state index < -0.39 is 68.5 Å². The van der Waals surface area contributed by atoms with Crippen LogP contribution in [0.5, 0.6) is 5.75 Å². The first-order chi connectivity index (χ1) is 21.9. The topological polar surface area (TPSA) is 176 Å². The number of nitrogens with zero attached hydrogens (tertiary/aromatic N) is 1. The SMILES string of the molecule is CCCOC(=O)OCCOP(=O)(OCCOC(=O)OCCC)C(F)(F)c1ccc2sc(C(=O)Oc3ccc([N+](=O)[O-])cc3)cc2c1. The van der Waals surface area contributed by atoms with Gasteiger partial charge in [-0.05, 0) is 48.6 Å². The number of carbonyl (C=O) groups excluding carboxylic acids is 3. The van der Waals surface area contributed by atoms with Gasteiger partial charge in [-0.2, -0.15) is 8.78 Å². The highest BCUT2D eigenvalue weighted by molar-refractivity contribution is 7.54. The second kappa shape index (κ2) is 16.9. The van der Waals surface area contributed by atoms with Gasteiger partial charge in [0.2, 0.25) is 0 Å². The lowest BCUT2D eigenvalue weighted by atomic mass is 10.1. The summed E-state index contributed by atoms with van der Waals surface area (Å²) in [7, 11) is -5.39. The molecule has 0 amide bonds. The smallest absolute Gasteiger partial charge is 0.434 e. The number of benzene rings is 2. The van der Waals surface area contributed by atoms with E-state index in [0.29, 0.717) is 17.5 Å². The van der Waals surface area contributed by atoms with Crippen LogP contribution >= 0.6 is 18.9 Å². The third-order valence-corrected chi connectivity index (χ3v) is 8.73. The van der Waals surface area contributed by atoms with Crippen molar-refractivity contribution in [1.82, 2.24) is 0 Å². The number of nitro groups is 1. The fourth-order valence-corrected chi connectivity index (χ4v) is 5.90. The summed E-state index contributed by atoms with van der Waals surface area (Å²) in [6.07, 6.45) is -1.10. The van der Waals surface area contributed by atoms with Crippen LogP contribution in [0.3, 0.4) is 0 Å². The molecule has 3 aromatic rings. The minimum Gasteiger partial charge on any atom is -0.434 e. The Labute approximate surface area is 265 Å². The van der Waals surface area contributed by atoms with Crippen LogP contribution in [-0.4, -0.2) is 62.8 Å². The van der Waals surface area contributed by atoms with Gasteiger partial charge in [0.05, 0.1) is 31.4 Å². The van der Waals surface area contributed by atoms with Crippen LogP contribution < -0.4 is 4.74 Å². The first kappa shape index (κ1) is 36.3. The summed E-state index contributed by atoms with van der Waals surface area (Å²) in [5.74, 6) is -0.809. The summed E-state index contributed by atoms with van der Waals surface area (Å²) < 4.78 is 79.8. The Hall–Kier alpha value is -4.18. The summed E-state index contributed by atoms with van der Waals surface area (Å²) in [4.78, 5) is 46.0. The van der Waals surface area contributed by atoms with E-state index in [0.717, 1.165) is 35.6 Å². The number of hydrogen-bond acceptors (Lipinski definition) is 14. The molecule has 1 aromatic heterocycles. The molecule has 250 valence electrons. The predicted octanol–water partition coefficient (Wildman–Crippen LogP) is 7.43. The van der Waals surface area contributed by atoms with Gasteiger partial charge in [0, 0.05) is 22.4 Å². The number of esters is 1. The zero-order valence-electron chi connectivity index (χ0n) is 24.6. The number of halogens is 2. The lowest BCUT2D eigenvalue weighted by molar-refractivity contribution is -0.384. The van der Waals surface area contributed by atoms with Gasteiger partial charge in [0.25, 0.3) is 5.69 Å². The van der Waals surface area contributed by atoms with E-state index in [1.165, 1.54) is 24.3 Å². The van der Waals surface area contributed by atoms with Gasteiger partial charge in [-0.1, -0.05) is 19.9 Å². The molecule has 0 aliphatic carbocycles. The van der Waals surface area contributed by atoms with E-state index in [9.17, 15) is 29.1 Å². The standard InChI is InChI=1S/C28H30F2NO13PS/c1-3-11-38-26(33)40-13-15-42-45(37,43-16-14-41-27(34)39-12-4-2)28(29,30)20-5-10-23-19(17-20)18-24(46-23)25(32)44-22-8-6-21(7-9-22)31(35)36/h5-10,17-18H,3-4,11-16H2,1-2H3. The molecule has 46 heavy (non-hydrogen) atoms. The summed E-state index contributed by atoms with van der Waals surface area (Å²) in [5, 5.41) is 11.0. The molecular formula is C28H30F2NO13PS. The molecule has 0 N–H and O–H groups in total. The Bertz CT molecular complexity index is 1530. The molecule has 1 heterocycles. The fraction of sp³-hybridized carbons (Fsp3) is 0.393. The number of nitro benzene ring substituents is 1. The number of carbonyl (C=O) groups is 3. The molecular weight excluding hydrogens is 659 g/mol. The van der Waals surface area contributed by atoms with Gasteiger partial charge in [-0.3, -0.25) is 14.7 Å². The fourth-order valence-electron chi connectivity index (χ4n) is 3.50. The average molecular weight is 690 g/mol. The van der Waals surface area contributed by atoms with Crippen molar-refractivity contribution in [3.05, 3.63) is 69.1 Å². The molecule has 0 aliphatic rings. The largest absolute Gasteiger partial charge is 0.508 e. The minimum atomic E-state index is -5.39. The highest BCUT2D eigenvalue weighted by atomic mass is 32.1. The van der Waals surface area contributed by atoms with Crippen LogP contribution in [0.4, 0.5) is 24.1 Å². The normalized spacial score (nSPS) is 11.6. The van der Waals surface area contributed by atoms with Crippen molar-refractivity contribution in [3.63, 3.8) is 0 Å². The monoisotopic (exact) mass is 689 g/mol. The first-order valence-corrected chi connectivity index (χ1v) is 16.1. The zero-order valence-corrected chi connectivity index (χ0v) is 26.4. The summed E-state index contributed by atoms with van der Waals surface area (Å²) in [6.45, 7) is 0.955. The van der Waals surface area contributed by atoms with Crippen molar-refractivity contribution in [2.45, 2.75) is 32.4 Å². The zero-order chi connectivity index (χ0) is 33.7. The van der Waals surface area contributed by atoms with Crippen LogP contribution in [0.15, 0.2) is 48.5 Å². The molecule has 0 spiro atoms. The highest BCUT2D eigenvalue weighted by Gasteiger charge is 2.55. The molecule has 0 saturated carbocycles. The van der Waals surface area contributed by atoms with Crippen molar-refractivity contribution in [2.75, 3.05) is 39.6 Å². The Balaban J connectivity index is 1.77. The first-order valence-electron chi connectivity index (χ1n) is 13.8. The van der Waals surface area contributed by atoms with Crippen LogP contribution in [0.1, 0.15) is 41.9 Å². The Morgan fingerprint density at radius 3 is 1.89 bits per heavy atom. The lowest BCUT2D eigenvalue weighted by Gasteiger charge is -2.26. The van der Waals surface area contributed by atoms with Gasteiger partial charge >= 0.3 is 31.5 Å². The Morgan fingerprint density at radius 1 is 0.826 bits per heavy atom. The third kappa shape index (κ3) is 9.91. The van der Waals surface area contributed by atoms with Gasteiger partial charge in [0.15, 0.2) is 0 Å². The van der Waals surface area contributed by atoms with Crippen molar-refractivity contribution in [2.24, 2.45) is 0 Å². The quantitative estimate of drug-likeness (QED) is 0.0342. The number of ether oxygens (including phenoxy) is 5. The number of rotatable bonds is 17. The Morgan fingerprint density at radius 2 is 1.37 bits per heavy atom. The van der Waals surface area contributed by atoms with Crippen LogP contribution in [0, 0.1) is 10.1 Å².